The normalized spacial score (nSPS) is 11.9. The third kappa shape index (κ3) is 3.04. The largest absolute Gasteiger partial charge is 0.469 e. The Morgan fingerprint density at radius 2 is 2.12 bits per heavy atom. The van der Waals surface area contributed by atoms with Crippen LogP contribution in [-0.4, -0.2) is 31.3 Å². The van der Waals surface area contributed by atoms with Gasteiger partial charge >= 0.3 is 11.9 Å². The van der Waals surface area contributed by atoms with Gasteiger partial charge in [-0.15, -0.1) is 11.3 Å². The smallest absolute Gasteiger partial charge is 0.338 e. The van der Waals surface area contributed by atoms with Crippen molar-refractivity contribution in [2.45, 2.75) is 12.5 Å². The molecule has 6 heteroatoms. The third-order valence-electron chi connectivity index (χ3n) is 1.96. The standard InChI is InChI=1S/C10H12O5S/c1-14-9(12)4-7(11)8-3-6(5-16-8)10(13)15-2/h3,5,7,11H,4H2,1-2H3. The molecule has 0 fully saturated rings. The highest BCUT2D eigenvalue weighted by molar-refractivity contribution is 7.10. The Kier molecular flexibility index (Phi) is 4.45. The lowest BCUT2D eigenvalue weighted by molar-refractivity contribution is -0.142. The van der Waals surface area contributed by atoms with Gasteiger partial charge in [-0.05, 0) is 6.07 Å². The first-order valence-corrected chi connectivity index (χ1v) is 5.38. The summed E-state index contributed by atoms with van der Waals surface area (Å²) in [6, 6.07) is 1.50. The second kappa shape index (κ2) is 5.62. The van der Waals surface area contributed by atoms with Gasteiger partial charge in [0, 0.05) is 10.3 Å². The number of carbonyl (C=O) groups is 2. The zero-order valence-electron chi connectivity index (χ0n) is 8.93. The molecule has 1 N–H and O–H groups in total. The molecule has 0 aliphatic carbocycles. The number of carbonyl (C=O) groups excluding carboxylic acids is 2. The summed E-state index contributed by atoms with van der Waals surface area (Å²) in [7, 11) is 2.54. The first-order valence-electron chi connectivity index (χ1n) is 4.50. The Hall–Kier alpha value is -1.40. The molecule has 0 aliphatic rings. The van der Waals surface area contributed by atoms with Crippen LogP contribution in [0.5, 0.6) is 0 Å². The summed E-state index contributed by atoms with van der Waals surface area (Å²) >= 11 is 1.20. The molecule has 0 radical (unpaired) electrons. The molecular weight excluding hydrogens is 232 g/mol. The van der Waals surface area contributed by atoms with Gasteiger partial charge in [-0.2, -0.15) is 0 Å². The van der Waals surface area contributed by atoms with E-state index in [9.17, 15) is 14.7 Å². The summed E-state index contributed by atoms with van der Waals surface area (Å²) in [5.74, 6) is -0.965. The number of esters is 2. The van der Waals surface area contributed by atoms with Crippen molar-refractivity contribution >= 4 is 23.3 Å². The number of aliphatic hydroxyl groups excluding tert-OH is 1. The Balaban J connectivity index is 2.70. The molecule has 1 heterocycles. The van der Waals surface area contributed by atoms with Gasteiger partial charge in [-0.25, -0.2) is 4.79 Å². The van der Waals surface area contributed by atoms with Crippen molar-refractivity contribution in [1.82, 2.24) is 0 Å². The maximum atomic E-state index is 11.1. The molecule has 0 aliphatic heterocycles. The third-order valence-corrected chi connectivity index (χ3v) is 2.99. The van der Waals surface area contributed by atoms with Crippen LogP contribution in [0.4, 0.5) is 0 Å². The number of aliphatic hydroxyl groups is 1. The molecule has 5 nitrogen and oxygen atoms in total. The van der Waals surface area contributed by atoms with E-state index in [0.29, 0.717) is 10.4 Å². The molecule has 0 amide bonds. The average Bonchev–Trinajstić information content (AvgIpc) is 2.77. The average molecular weight is 244 g/mol. The molecule has 0 saturated carbocycles. The van der Waals surface area contributed by atoms with E-state index in [2.05, 4.69) is 9.47 Å². The molecule has 1 aromatic rings. The minimum atomic E-state index is -0.948. The van der Waals surface area contributed by atoms with Crippen molar-refractivity contribution in [2.24, 2.45) is 0 Å². The van der Waals surface area contributed by atoms with E-state index < -0.39 is 18.0 Å². The summed E-state index contributed by atoms with van der Waals surface area (Å²) in [5.41, 5.74) is 0.367. The van der Waals surface area contributed by atoms with Gasteiger partial charge in [0.2, 0.25) is 0 Å². The monoisotopic (exact) mass is 244 g/mol. The molecule has 88 valence electrons. The number of rotatable bonds is 4. The second-order valence-electron chi connectivity index (χ2n) is 3.03. The fraction of sp³-hybridized carbons (Fsp3) is 0.400. The van der Waals surface area contributed by atoms with Crippen molar-refractivity contribution < 1.29 is 24.2 Å². The van der Waals surface area contributed by atoms with Crippen LogP contribution in [0.2, 0.25) is 0 Å². The summed E-state index contributed by atoms with van der Waals surface area (Å²) in [5, 5.41) is 11.2. The van der Waals surface area contributed by atoms with E-state index in [4.69, 9.17) is 0 Å². The van der Waals surface area contributed by atoms with Crippen molar-refractivity contribution in [3.63, 3.8) is 0 Å². The number of ether oxygens (including phenoxy) is 2. The topological polar surface area (TPSA) is 72.8 Å². The molecule has 1 unspecified atom stereocenters. The summed E-state index contributed by atoms with van der Waals surface area (Å²) < 4.78 is 8.96. The van der Waals surface area contributed by atoms with Gasteiger partial charge in [0.1, 0.15) is 0 Å². The van der Waals surface area contributed by atoms with E-state index in [-0.39, 0.29) is 6.42 Å². The minimum Gasteiger partial charge on any atom is -0.469 e. The summed E-state index contributed by atoms with van der Waals surface area (Å²) in [6.45, 7) is 0. The van der Waals surface area contributed by atoms with Gasteiger partial charge in [-0.1, -0.05) is 0 Å². The molecule has 0 saturated heterocycles. The number of hydrogen-bond donors (Lipinski definition) is 1. The van der Waals surface area contributed by atoms with Gasteiger partial charge in [0.05, 0.1) is 32.3 Å². The van der Waals surface area contributed by atoms with Crippen LogP contribution in [0.25, 0.3) is 0 Å². The molecule has 0 bridgehead atoms. The lowest BCUT2D eigenvalue weighted by Gasteiger charge is -2.05. The van der Waals surface area contributed by atoms with Crippen LogP contribution in [-0.2, 0) is 14.3 Å². The van der Waals surface area contributed by atoms with Crippen molar-refractivity contribution in [3.05, 3.63) is 21.9 Å². The molecule has 0 spiro atoms. The van der Waals surface area contributed by atoms with E-state index in [0.717, 1.165) is 0 Å². The SMILES string of the molecule is COC(=O)CC(O)c1cc(C(=O)OC)cs1. The number of hydrogen-bond acceptors (Lipinski definition) is 6. The Morgan fingerprint density at radius 1 is 1.44 bits per heavy atom. The van der Waals surface area contributed by atoms with Crippen molar-refractivity contribution in [3.8, 4) is 0 Å². The van der Waals surface area contributed by atoms with Crippen LogP contribution in [0, 0.1) is 0 Å². The van der Waals surface area contributed by atoms with Crippen LogP contribution in [0.1, 0.15) is 27.8 Å². The minimum absolute atomic E-state index is 0.127. The fourth-order valence-corrected chi connectivity index (χ4v) is 1.96. The van der Waals surface area contributed by atoms with Gasteiger partial charge in [-0.3, -0.25) is 4.79 Å². The molecule has 16 heavy (non-hydrogen) atoms. The van der Waals surface area contributed by atoms with Crippen molar-refractivity contribution in [2.75, 3.05) is 14.2 Å². The quantitative estimate of drug-likeness (QED) is 0.804. The highest BCUT2D eigenvalue weighted by Crippen LogP contribution is 2.25. The van der Waals surface area contributed by atoms with Crippen LogP contribution < -0.4 is 0 Å². The fourth-order valence-electron chi connectivity index (χ4n) is 1.09. The Morgan fingerprint density at radius 3 is 2.69 bits per heavy atom. The Bertz CT molecular complexity index is 384. The first-order chi connectivity index (χ1) is 7.58. The highest BCUT2D eigenvalue weighted by atomic mass is 32.1. The highest BCUT2D eigenvalue weighted by Gasteiger charge is 2.17. The van der Waals surface area contributed by atoms with Crippen LogP contribution in [0.3, 0.4) is 0 Å². The van der Waals surface area contributed by atoms with Crippen LogP contribution in [0.15, 0.2) is 11.4 Å². The zero-order valence-corrected chi connectivity index (χ0v) is 9.74. The zero-order chi connectivity index (χ0) is 12.1. The van der Waals surface area contributed by atoms with Crippen molar-refractivity contribution in [1.29, 1.82) is 0 Å². The van der Waals surface area contributed by atoms with Crippen LogP contribution >= 0.6 is 11.3 Å². The predicted molar refractivity (Wildman–Crippen MR) is 57.3 cm³/mol. The molecular formula is C10H12O5S. The summed E-state index contributed by atoms with van der Waals surface area (Å²) in [6.07, 6.45) is -1.08. The number of methoxy groups -OCH3 is 2. The second-order valence-corrected chi connectivity index (χ2v) is 3.97. The van der Waals surface area contributed by atoms with Gasteiger partial charge < -0.3 is 14.6 Å². The summed E-state index contributed by atoms with van der Waals surface area (Å²) in [4.78, 5) is 22.6. The molecule has 0 aromatic carbocycles. The lowest BCUT2D eigenvalue weighted by atomic mass is 10.2. The molecule has 1 rings (SSSR count). The van der Waals surface area contributed by atoms with E-state index in [1.165, 1.54) is 31.6 Å². The Labute approximate surface area is 96.6 Å². The lowest BCUT2D eigenvalue weighted by Crippen LogP contribution is -2.07. The first kappa shape index (κ1) is 12.7. The number of thiophene rings is 1. The predicted octanol–water partition coefficient (Wildman–Crippen LogP) is 1.13. The molecule has 1 aromatic heterocycles. The van der Waals surface area contributed by atoms with E-state index in [1.54, 1.807) is 5.38 Å². The molecule has 1 atom stereocenters. The van der Waals surface area contributed by atoms with Gasteiger partial charge in [0.25, 0.3) is 0 Å². The van der Waals surface area contributed by atoms with Gasteiger partial charge in [0.15, 0.2) is 0 Å². The van der Waals surface area contributed by atoms with E-state index >= 15 is 0 Å². The maximum absolute atomic E-state index is 11.1. The maximum Gasteiger partial charge on any atom is 0.338 e. The van der Waals surface area contributed by atoms with E-state index in [1.807, 2.05) is 0 Å².